The summed E-state index contributed by atoms with van der Waals surface area (Å²) < 4.78 is 10.6. The number of nitrogens with one attached hydrogen (secondary N) is 4. The van der Waals surface area contributed by atoms with E-state index in [-0.39, 0.29) is 37.9 Å². The van der Waals surface area contributed by atoms with Gasteiger partial charge in [-0.1, -0.05) is 17.7 Å². The molecule has 1 aromatic heterocycles. The zero-order valence-corrected chi connectivity index (χ0v) is 18.5. The number of fused-ring (bicyclic) bond motifs is 2. The van der Waals surface area contributed by atoms with Crippen molar-refractivity contribution < 1.29 is 23.9 Å². The number of hydrazine groups is 1. The fourth-order valence-electron chi connectivity index (χ4n) is 3.70. The molecule has 0 bridgehead atoms. The molecule has 3 aromatic rings. The van der Waals surface area contributed by atoms with E-state index >= 15 is 0 Å². The molecule has 4 rings (SSSR count). The number of carbonyl (C=O) groups excluding carboxylic acids is 3. The SMILES string of the molecule is Cc1ccc2[nH]c(C)c(CC(=O)NNC(=O)CCC(=O)NCc3ccc4c(c3)OCO4)c2c1. The Bertz CT molecular complexity index is 1220. The molecule has 172 valence electrons. The predicted molar refractivity (Wildman–Crippen MR) is 121 cm³/mol. The van der Waals surface area contributed by atoms with Gasteiger partial charge in [0.1, 0.15) is 0 Å². The van der Waals surface area contributed by atoms with Crippen LogP contribution in [0.5, 0.6) is 11.5 Å². The van der Waals surface area contributed by atoms with Gasteiger partial charge in [0.05, 0.1) is 6.42 Å². The number of hydrogen-bond acceptors (Lipinski definition) is 5. The van der Waals surface area contributed by atoms with Gasteiger partial charge in [0.25, 0.3) is 0 Å². The van der Waals surface area contributed by atoms with Crippen LogP contribution in [0.25, 0.3) is 10.9 Å². The Kier molecular flexibility index (Phi) is 6.48. The summed E-state index contributed by atoms with van der Waals surface area (Å²) in [6.07, 6.45) is 0.0945. The van der Waals surface area contributed by atoms with Crippen LogP contribution < -0.4 is 25.6 Å². The molecule has 1 aliphatic heterocycles. The Morgan fingerprint density at radius 1 is 0.909 bits per heavy atom. The molecule has 2 aromatic carbocycles. The van der Waals surface area contributed by atoms with Crippen molar-refractivity contribution in [2.24, 2.45) is 0 Å². The average molecular weight is 450 g/mol. The Morgan fingerprint density at radius 2 is 1.67 bits per heavy atom. The molecular weight excluding hydrogens is 424 g/mol. The second-order valence-electron chi connectivity index (χ2n) is 8.02. The molecule has 0 saturated carbocycles. The van der Waals surface area contributed by atoms with Crippen LogP contribution in [0.15, 0.2) is 36.4 Å². The maximum absolute atomic E-state index is 12.3. The van der Waals surface area contributed by atoms with Gasteiger partial charge in [0.2, 0.25) is 24.5 Å². The third kappa shape index (κ3) is 5.43. The van der Waals surface area contributed by atoms with Crippen LogP contribution in [0.1, 0.15) is 35.2 Å². The zero-order chi connectivity index (χ0) is 23.4. The minimum atomic E-state index is -0.437. The Balaban J connectivity index is 1.19. The van der Waals surface area contributed by atoms with Gasteiger partial charge in [-0.2, -0.15) is 0 Å². The standard InChI is InChI=1S/C24H26N4O5/c1-14-3-5-19-18(9-14)17(15(2)26-19)11-24(31)28-27-23(30)8-7-22(29)25-12-16-4-6-20-21(10-16)33-13-32-20/h3-6,9-10,26H,7-8,11-13H2,1-2H3,(H,25,29)(H,27,30)(H,28,31). The second kappa shape index (κ2) is 9.64. The van der Waals surface area contributed by atoms with Crippen LogP contribution in [0.2, 0.25) is 0 Å². The van der Waals surface area contributed by atoms with Gasteiger partial charge in [-0.05, 0) is 49.2 Å². The Morgan fingerprint density at radius 3 is 2.52 bits per heavy atom. The van der Waals surface area contributed by atoms with Gasteiger partial charge < -0.3 is 19.8 Å². The fourth-order valence-corrected chi connectivity index (χ4v) is 3.70. The highest BCUT2D eigenvalue weighted by Crippen LogP contribution is 2.32. The van der Waals surface area contributed by atoms with Crippen LogP contribution in [-0.4, -0.2) is 29.5 Å². The first-order chi connectivity index (χ1) is 15.9. The van der Waals surface area contributed by atoms with E-state index in [0.717, 1.165) is 33.3 Å². The van der Waals surface area contributed by atoms with Crippen LogP contribution in [0.3, 0.4) is 0 Å². The number of H-pyrrole nitrogens is 1. The van der Waals surface area contributed by atoms with Crippen molar-refractivity contribution in [2.45, 2.75) is 39.7 Å². The van der Waals surface area contributed by atoms with Gasteiger partial charge in [0.15, 0.2) is 11.5 Å². The molecular formula is C24H26N4O5. The highest BCUT2D eigenvalue weighted by atomic mass is 16.7. The maximum Gasteiger partial charge on any atom is 0.242 e. The molecule has 0 saturated heterocycles. The number of amides is 3. The number of hydrogen-bond donors (Lipinski definition) is 4. The van der Waals surface area contributed by atoms with Crippen LogP contribution in [-0.2, 0) is 27.3 Å². The fraction of sp³-hybridized carbons (Fsp3) is 0.292. The first-order valence-electron chi connectivity index (χ1n) is 10.7. The summed E-state index contributed by atoms with van der Waals surface area (Å²) in [6.45, 7) is 4.42. The van der Waals surface area contributed by atoms with Crippen molar-refractivity contribution in [3.63, 3.8) is 0 Å². The molecule has 2 heterocycles. The molecule has 0 aliphatic carbocycles. The lowest BCUT2D eigenvalue weighted by Crippen LogP contribution is -2.42. The van der Waals surface area contributed by atoms with Crippen molar-refractivity contribution in [3.05, 3.63) is 58.8 Å². The summed E-state index contributed by atoms with van der Waals surface area (Å²) in [5.74, 6) is 0.293. The molecule has 0 atom stereocenters. The Labute approximate surface area is 190 Å². The minimum absolute atomic E-state index is 0.00703. The van der Waals surface area contributed by atoms with Gasteiger partial charge >= 0.3 is 0 Å². The molecule has 0 spiro atoms. The molecule has 0 radical (unpaired) electrons. The third-order valence-electron chi connectivity index (χ3n) is 5.46. The smallest absolute Gasteiger partial charge is 0.242 e. The predicted octanol–water partition coefficient (Wildman–Crippen LogP) is 2.30. The van der Waals surface area contributed by atoms with E-state index in [2.05, 4.69) is 21.2 Å². The van der Waals surface area contributed by atoms with Crippen molar-refractivity contribution >= 4 is 28.6 Å². The topological polar surface area (TPSA) is 122 Å². The molecule has 9 nitrogen and oxygen atoms in total. The van der Waals surface area contributed by atoms with Crippen LogP contribution in [0.4, 0.5) is 0 Å². The number of ether oxygens (including phenoxy) is 2. The van der Waals surface area contributed by atoms with E-state index in [1.54, 1.807) is 6.07 Å². The Hall–Kier alpha value is -4.01. The molecule has 0 fully saturated rings. The van der Waals surface area contributed by atoms with E-state index in [0.29, 0.717) is 18.0 Å². The highest BCUT2D eigenvalue weighted by molar-refractivity contribution is 5.91. The second-order valence-corrected chi connectivity index (χ2v) is 8.02. The monoisotopic (exact) mass is 450 g/mol. The summed E-state index contributed by atoms with van der Waals surface area (Å²) in [5.41, 5.74) is 9.54. The number of rotatable bonds is 7. The average Bonchev–Trinajstić information content (AvgIpc) is 3.38. The van der Waals surface area contributed by atoms with E-state index in [4.69, 9.17) is 9.47 Å². The zero-order valence-electron chi connectivity index (χ0n) is 18.5. The van der Waals surface area contributed by atoms with Gasteiger partial charge in [-0.25, -0.2) is 0 Å². The van der Waals surface area contributed by atoms with Crippen molar-refractivity contribution in [1.29, 1.82) is 0 Å². The summed E-state index contributed by atoms with van der Waals surface area (Å²) in [5, 5.41) is 3.76. The van der Waals surface area contributed by atoms with Crippen LogP contribution in [0, 0.1) is 13.8 Å². The molecule has 0 unspecified atom stereocenters. The first-order valence-corrected chi connectivity index (χ1v) is 10.7. The molecule has 3 amide bonds. The number of aryl methyl sites for hydroxylation is 2. The number of aromatic nitrogens is 1. The highest BCUT2D eigenvalue weighted by Gasteiger charge is 2.15. The van der Waals surface area contributed by atoms with Gasteiger partial charge in [0, 0.05) is 36.0 Å². The lowest BCUT2D eigenvalue weighted by molar-refractivity contribution is -0.130. The van der Waals surface area contributed by atoms with Gasteiger partial charge in [-0.15, -0.1) is 0 Å². The molecule has 1 aliphatic rings. The molecule has 9 heteroatoms. The van der Waals surface area contributed by atoms with Crippen molar-refractivity contribution in [2.75, 3.05) is 6.79 Å². The van der Waals surface area contributed by atoms with Crippen molar-refractivity contribution in [3.8, 4) is 11.5 Å². The number of benzene rings is 2. The van der Waals surface area contributed by atoms with E-state index in [9.17, 15) is 14.4 Å². The quantitative estimate of drug-likeness (QED) is 0.412. The third-order valence-corrected chi connectivity index (χ3v) is 5.46. The van der Waals surface area contributed by atoms with E-state index < -0.39 is 5.91 Å². The maximum atomic E-state index is 12.3. The summed E-state index contributed by atoms with van der Waals surface area (Å²) in [6, 6.07) is 11.5. The summed E-state index contributed by atoms with van der Waals surface area (Å²) in [7, 11) is 0. The van der Waals surface area contributed by atoms with Gasteiger partial charge in [-0.3, -0.25) is 25.2 Å². The van der Waals surface area contributed by atoms with E-state index in [1.807, 2.05) is 44.2 Å². The largest absolute Gasteiger partial charge is 0.454 e. The molecule has 33 heavy (non-hydrogen) atoms. The van der Waals surface area contributed by atoms with Crippen LogP contribution >= 0.6 is 0 Å². The lowest BCUT2D eigenvalue weighted by Gasteiger charge is -2.09. The summed E-state index contributed by atoms with van der Waals surface area (Å²) in [4.78, 5) is 39.7. The summed E-state index contributed by atoms with van der Waals surface area (Å²) >= 11 is 0. The lowest BCUT2D eigenvalue weighted by atomic mass is 10.1. The number of aromatic amines is 1. The minimum Gasteiger partial charge on any atom is -0.454 e. The van der Waals surface area contributed by atoms with Crippen molar-refractivity contribution in [1.82, 2.24) is 21.2 Å². The number of carbonyl (C=O) groups is 3. The first kappa shape index (κ1) is 22.2. The van der Waals surface area contributed by atoms with E-state index in [1.165, 1.54) is 0 Å². The normalized spacial score (nSPS) is 11.9. The molecule has 4 N–H and O–H groups in total.